The Balaban J connectivity index is 2.19. The van der Waals surface area contributed by atoms with Crippen LogP contribution in [0.25, 0.3) is 22.4 Å². The van der Waals surface area contributed by atoms with E-state index in [-0.39, 0.29) is 0 Å². The molecule has 0 unspecified atom stereocenters. The van der Waals surface area contributed by atoms with Crippen LogP contribution in [0.15, 0.2) is 59.8 Å². The minimum absolute atomic E-state index is 0.457. The minimum atomic E-state index is -4.11. The molecule has 0 bridgehead atoms. The topological polar surface area (TPSA) is 85.9 Å². The summed E-state index contributed by atoms with van der Waals surface area (Å²) in [6, 6.07) is 11.1. The first-order chi connectivity index (χ1) is 11.4. The van der Waals surface area contributed by atoms with Gasteiger partial charge in [-0.05, 0) is 31.2 Å². The first kappa shape index (κ1) is 16.2. The Morgan fingerprint density at radius 1 is 1.00 bits per heavy atom. The number of aryl methyl sites for hydroxylation is 1. The van der Waals surface area contributed by atoms with Crippen molar-refractivity contribution >= 4 is 10.0 Å². The highest BCUT2D eigenvalue weighted by atomic mass is 32.2. The number of benzene rings is 1. The fourth-order valence-corrected chi connectivity index (χ4v) is 3.09. The van der Waals surface area contributed by atoms with Gasteiger partial charge in [-0.3, -0.25) is 9.97 Å². The SMILES string of the molecule is Cc1ncccc1-c1cccnc1-c1ccc(S(N)(=O)=O)c(F)c1. The fourth-order valence-electron chi connectivity index (χ4n) is 2.50. The molecule has 0 radical (unpaired) electrons. The first-order valence-corrected chi connectivity index (χ1v) is 8.62. The second-order valence-electron chi connectivity index (χ2n) is 5.23. The molecule has 2 N–H and O–H groups in total. The van der Waals surface area contributed by atoms with E-state index in [4.69, 9.17) is 5.14 Å². The molecule has 0 amide bonds. The van der Waals surface area contributed by atoms with Crippen LogP contribution in [0.2, 0.25) is 0 Å². The number of halogens is 1. The molecular formula is C17H14FN3O2S. The Bertz CT molecular complexity index is 1020. The molecule has 2 aromatic heterocycles. The third-order valence-electron chi connectivity index (χ3n) is 3.62. The number of primary sulfonamides is 1. The van der Waals surface area contributed by atoms with Gasteiger partial charge in [0.25, 0.3) is 0 Å². The quantitative estimate of drug-likeness (QED) is 0.792. The Morgan fingerprint density at radius 3 is 2.29 bits per heavy atom. The van der Waals surface area contributed by atoms with E-state index in [0.29, 0.717) is 11.3 Å². The maximum atomic E-state index is 14.1. The predicted octanol–water partition coefficient (Wildman–Crippen LogP) is 2.91. The number of aromatic nitrogens is 2. The molecule has 0 aliphatic rings. The van der Waals surface area contributed by atoms with Crippen molar-refractivity contribution in [2.45, 2.75) is 11.8 Å². The van der Waals surface area contributed by atoms with Gasteiger partial charge < -0.3 is 0 Å². The fraction of sp³-hybridized carbons (Fsp3) is 0.0588. The number of sulfonamides is 1. The lowest BCUT2D eigenvalue weighted by molar-refractivity contribution is 0.568. The van der Waals surface area contributed by atoms with Crippen molar-refractivity contribution in [2.75, 3.05) is 0 Å². The molecule has 0 saturated heterocycles. The van der Waals surface area contributed by atoms with Crippen molar-refractivity contribution in [1.29, 1.82) is 0 Å². The molecule has 122 valence electrons. The molecule has 3 rings (SSSR count). The lowest BCUT2D eigenvalue weighted by Crippen LogP contribution is -2.14. The molecule has 1 aromatic carbocycles. The maximum absolute atomic E-state index is 14.1. The molecule has 0 spiro atoms. The molecule has 0 aliphatic carbocycles. The van der Waals surface area contributed by atoms with E-state index in [1.807, 2.05) is 25.1 Å². The van der Waals surface area contributed by atoms with Gasteiger partial charge in [-0.15, -0.1) is 0 Å². The number of pyridine rings is 2. The number of nitrogens with two attached hydrogens (primary N) is 1. The summed E-state index contributed by atoms with van der Waals surface area (Å²) >= 11 is 0. The van der Waals surface area contributed by atoms with E-state index in [1.165, 1.54) is 6.07 Å². The van der Waals surface area contributed by atoms with Crippen LogP contribution < -0.4 is 5.14 Å². The monoisotopic (exact) mass is 343 g/mol. The Morgan fingerprint density at radius 2 is 1.67 bits per heavy atom. The van der Waals surface area contributed by atoms with Crippen LogP contribution in [0, 0.1) is 12.7 Å². The molecule has 5 nitrogen and oxygen atoms in total. The van der Waals surface area contributed by atoms with Crippen LogP contribution >= 0.6 is 0 Å². The van der Waals surface area contributed by atoms with Gasteiger partial charge in [0.1, 0.15) is 10.7 Å². The van der Waals surface area contributed by atoms with Crippen molar-refractivity contribution in [3.05, 3.63) is 66.4 Å². The highest BCUT2D eigenvalue weighted by Crippen LogP contribution is 2.32. The van der Waals surface area contributed by atoms with E-state index in [2.05, 4.69) is 9.97 Å². The average Bonchev–Trinajstić information content (AvgIpc) is 2.54. The van der Waals surface area contributed by atoms with E-state index in [1.54, 1.807) is 18.5 Å². The minimum Gasteiger partial charge on any atom is -0.261 e. The summed E-state index contributed by atoms with van der Waals surface area (Å²) < 4.78 is 36.8. The molecule has 0 fully saturated rings. The van der Waals surface area contributed by atoms with Gasteiger partial charge in [-0.1, -0.05) is 18.2 Å². The zero-order chi connectivity index (χ0) is 17.3. The smallest absolute Gasteiger partial charge is 0.240 e. The molecule has 0 atom stereocenters. The van der Waals surface area contributed by atoms with Crippen molar-refractivity contribution in [1.82, 2.24) is 9.97 Å². The third kappa shape index (κ3) is 3.04. The van der Waals surface area contributed by atoms with Crippen molar-refractivity contribution < 1.29 is 12.8 Å². The van der Waals surface area contributed by atoms with Gasteiger partial charge in [0.15, 0.2) is 0 Å². The normalized spacial score (nSPS) is 11.5. The summed E-state index contributed by atoms with van der Waals surface area (Å²) in [5.41, 5.74) is 3.46. The van der Waals surface area contributed by atoms with Crippen LogP contribution in [0.3, 0.4) is 0 Å². The Kier molecular flexibility index (Phi) is 4.13. The van der Waals surface area contributed by atoms with Crippen LogP contribution in [0.5, 0.6) is 0 Å². The highest BCUT2D eigenvalue weighted by Gasteiger charge is 2.17. The van der Waals surface area contributed by atoms with Gasteiger partial charge >= 0.3 is 0 Å². The first-order valence-electron chi connectivity index (χ1n) is 7.07. The van der Waals surface area contributed by atoms with E-state index >= 15 is 0 Å². The summed E-state index contributed by atoms with van der Waals surface area (Å²) in [5.74, 6) is -0.908. The van der Waals surface area contributed by atoms with Crippen molar-refractivity contribution in [3.8, 4) is 22.4 Å². The Labute approximate surface area is 139 Å². The lowest BCUT2D eigenvalue weighted by Gasteiger charge is -2.11. The largest absolute Gasteiger partial charge is 0.261 e. The summed E-state index contributed by atoms with van der Waals surface area (Å²) in [7, 11) is -4.11. The number of nitrogens with zero attached hydrogens (tertiary/aromatic N) is 2. The van der Waals surface area contributed by atoms with E-state index in [0.717, 1.165) is 29.0 Å². The number of hydrogen-bond acceptors (Lipinski definition) is 4. The van der Waals surface area contributed by atoms with E-state index < -0.39 is 20.7 Å². The molecule has 3 aromatic rings. The number of hydrogen-bond donors (Lipinski definition) is 1. The van der Waals surface area contributed by atoms with Gasteiger partial charge in [-0.2, -0.15) is 0 Å². The van der Waals surface area contributed by atoms with Gasteiger partial charge in [0.2, 0.25) is 10.0 Å². The van der Waals surface area contributed by atoms with Crippen LogP contribution in [-0.4, -0.2) is 18.4 Å². The molecule has 24 heavy (non-hydrogen) atoms. The molecule has 0 aliphatic heterocycles. The van der Waals surface area contributed by atoms with Crippen molar-refractivity contribution in [2.24, 2.45) is 5.14 Å². The van der Waals surface area contributed by atoms with Gasteiger partial charge in [0.05, 0.1) is 5.69 Å². The van der Waals surface area contributed by atoms with Gasteiger partial charge in [-0.25, -0.2) is 17.9 Å². The van der Waals surface area contributed by atoms with Gasteiger partial charge in [0, 0.05) is 34.8 Å². The average molecular weight is 343 g/mol. The summed E-state index contributed by atoms with van der Waals surface area (Å²) in [4.78, 5) is 8.04. The summed E-state index contributed by atoms with van der Waals surface area (Å²) in [6.07, 6.45) is 3.28. The molecule has 2 heterocycles. The maximum Gasteiger partial charge on any atom is 0.240 e. The van der Waals surface area contributed by atoms with Crippen molar-refractivity contribution in [3.63, 3.8) is 0 Å². The summed E-state index contributed by atoms with van der Waals surface area (Å²) in [6.45, 7) is 1.87. The predicted molar refractivity (Wildman–Crippen MR) is 89.0 cm³/mol. The zero-order valence-electron chi connectivity index (χ0n) is 12.8. The molecule has 0 saturated carbocycles. The second-order valence-corrected chi connectivity index (χ2v) is 6.76. The second kappa shape index (κ2) is 6.10. The number of rotatable bonds is 3. The highest BCUT2D eigenvalue weighted by molar-refractivity contribution is 7.89. The van der Waals surface area contributed by atoms with Crippen LogP contribution in [0.1, 0.15) is 5.69 Å². The van der Waals surface area contributed by atoms with Crippen LogP contribution in [-0.2, 0) is 10.0 Å². The Hall–Kier alpha value is -2.64. The zero-order valence-corrected chi connectivity index (χ0v) is 13.6. The third-order valence-corrected chi connectivity index (χ3v) is 4.56. The molecular weight excluding hydrogens is 329 g/mol. The molecule has 7 heteroatoms. The van der Waals surface area contributed by atoms with E-state index in [9.17, 15) is 12.8 Å². The summed E-state index contributed by atoms with van der Waals surface area (Å²) in [5, 5.41) is 5.00. The lowest BCUT2D eigenvalue weighted by atomic mass is 9.98. The standard InChI is InChI=1S/C17H14FN3O2S/c1-11-13(4-2-8-20-11)14-5-3-9-21-17(14)12-6-7-16(15(18)10-12)24(19,22)23/h2-10H,1H3,(H2,19,22,23). The van der Waals surface area contributed by atoms with Crippen LogP contribution in [0.4, 0.5) is 4.39 Å².